The van der Waals surface area contributed by atoms with Crippen molar-refractivity contribution in [2.45, 2.75) is 6.92 Å². The highest BCUT2D eigenvalue weighted by atomic mass is 16.5. The third-order valence-electron chi connectivity index (χ3n) is 3.09. The zero-order valence-corrected chi connectivity index (χ0v) is 12.4. The Balaban J connectivity index is 2.62. The Labute approximate surface area is 126 Å². The van der Waals surface area contributed by atoms with Crippen LogP contribution in [0.5, 0.6) is 0 Å². The first-order valence-corrected chi connectivity index (χ1v) is 6.53. The van der Waals surface area contributed by atoms with Crippen LogP contribution in [0.25, 0.3) is 10.9 Å². The van der Waals surface area contributed by atoms with E-state index in [9.17, 15) is 14.4 Å². The van der Waals surface area contributed by atoms with Crippen LogP contribution in [0.2, 0.25) is 0 Å². The predicted octanol–water partition coefficient (Wildman–Crippen LogP) is 1.92. The first kappa shape index (κ1) is 15.6. The molecule has 0 atom stereocenters. The molecule has 0 fully saturated rings. The minimum atomic E-state index is -0.700. The number of fused-ring (bicyclic) bond motifs is 1. The fraction of sp³-hybridized carbons (Fsp3) is 0.267. The Morgan fingerprint density at radius 3 is 2.32 bits per heavy atom. The molecule has 7 heteroatoms. The van der Waals surface area contributed by atoms with Gasteiger partial charge in [0.05, 0.1) is 32.0 Å². The number of hydrogen-bond acceptors (Lipinski definition) is 6. The van der Waals surface area contributed by atoms with Gasteiger partial charge in [-0.15, -0.1) is 0 Å². The normalized spacial score (nSPS) is 10.3. The summed E-state index contributed by atoms with van der Waals surface area (Å²) in [4.78, 5) is 38.2. The molecule has 0 bridgehead atoms. The van der Waals surface area contributed by atoms with E-state index >= 15 is 0 Å². The molecule has 1 N–H and O–H groups in total. The summed E-state index contributed by atoms with van der Waals surface area (Å²) in [6, 6.07) is 4.57. The quantitative estimate of drug-likeness (QED) is 0.685. The second-order valence-electron chi connectivity index (χ2n) is 4.34. The smallest absolute Gasteiger partial charge is 0.355 e. The van der Waals surface area contributed by atoms with Gasteiger partial charge in [0.2, 0.25) is 0 Å². The molecular formula is C15H15NO6. The van der Waals surface area contributed by atoms with E-state index in [-0.39, 0.29) is 17.9 Å². The molecular weight excluding hydrogens is 290 g/mol. The Hall–Kier alpha value is -2.83. The van der Waals surface area contributed by atoms with E-state index in [0.717, 1.165) is 0 Å². The van der Waals surface area contributed by atoms with Crippen LogP contribution in [0.1, 0.15) is 38.1 Å². The Bertz CT molecular complexity index is 746. The summed E-state index contributed by atoms with van der Waals surface area (Å²) in [6.45, 7) is 1.96. The van der Waals surface area contributed by atoms with Crippen LogP contribution < -0.4 is 0 Å². The molecule has 1 heterocycles. The van der Waals surface area contributed by atoms with Crippen molar-refractivity contribution in [3.05, 3.63) is 35.0 Å². The van der Waals surface area contributed by atoms with Crippen LogP contribution in [-0.2, 0) is 14.2 Å². The highest BCUT2D eigenvalue weighted by molar-refractivity contribution is 6.13. The maximum atomic E-state index is 11.9. The standard InChI is InChI=1S/C15H15NO6/c1-4-22-13(17)8-5-6-9-10(7-8)16-12(15(19)21-3)11(9)14(18)20-2/h5-7,16H,4H2,1-3H3. The van der Waals surface area contributed by atoms with Gasteiger partial charge in [0.25, 0.3) is 0 Å². The molecule has 0 saturated heterocycles. The van der Waals surface area contributed by atoms with Crippen molar-refractivity contribution in [3.63, 3.8) is 0 Å². The van der Waals surface area contributed by atoms with E-state index in [0.29, 0.717) is 16.5 Å². The molecule has 1 aromatic carbocycles. The van der Waals surface area contributed by atoms with E-state index < -0.39 is 17.9 Å². The molecule has 0 aliphatic rings. The van der Waals surface area contributed by atoms with E-state index in [1.165, 1.54) is 26.4 Å². The zero-order valence-electron chi connectivity index (χ0n) is 12.4. The van der Waals surface area contributed by atoms with Gasteiger partial charge >= 0.3 is 17.9 Å². The first-order chi connectivity index (χ1) is 10.5. The second-order valence-corrected chi connectivity index (χ2v) is 4.34. The van der Waals surface area contributed by atoms with Crippen LogP contribution in [0.3, 0.4) is 0 Å². The lowest BCUT2D eigenvalue weighted by Crippen LogP contribution is -2.10. The van der Waals surface area contributed by atoms with Crippen LogP contribution in [0.4, 0.5) is 0 Å². The largest absolute Gasteiger partial charge is 0.465 e. The third kappa shape index (κ3) is 2.65. The van der Waals surface area contributed by atoms with E-state index in [1.807, 2.05) is 0 Å². The van der Waals surface area contributed by atoms with Crippen molar-refractivity contribution in [2.75, 3.05) is 20.8 Å². The molecule has 1 aromatic heterocycles. The van der Waals surface area contributed by atoms with Gasteiger partial charge in [-0.25, -0.2) is 14.4 Å². The van der Waals surface area contributed by atoms with Crippen LogP contribution >= 0.6 is 0 Å². The van der Waals surface area contributed by atoms with E-state index in [4.69, 9.17) is 9.47 Å². The summed E-state index contributed by atoms with van der Waals surface area (Å²) >= 11 is 0. The van der Waals surface area contributed by atoms with Crippen molar-refractivity contribution in [1.29, 1.82) is 0 Å². The molecule has 22 heavy (non-hydrogen) atoms. The summed E-state index contributed by atoms with van der Waals surface area (Å²) in [7, 11) is 2.42. The first-order valence-electron chi connectivity index (χ1n) is 6.53. The summed E-state index contributed by atoms with van der Waals surface area (Å²) in [5.41, 5.74) is 0.792. The number of aromatic nitrogens is 1. The summed E-state index contributed by atoms with van der Waals surface area (Å²) < 4.78 is 14.3. The van der Waals surface area contributed by atoms with Gasteiger partial charge in [0.1, 0.15) is 5.69 Å². The molecule has 0 saturated carbocycles. The van der Waals surface area contributed by atoms with E-state index in [1.54, 1.807) is 13.0 Å². The van der Waals surface area contributed by atoms with Gasteiger partial charge in [-0.2, -0.15) is 0 Å². The van der Waals surface area contributed by atoms with Gasteiger partial charge in [-0.3, -0.25) is 0 Å². The average Bonchev–Trinajstić information content (AvgIpc) is 2.92. The number of esters is 3. The summed E-state index contributed by atoms with van der Waals surface area (Å²) in [5, 5.41) is 0.459. The number of carbonyl (C=O) groups is 3. The van der Waals surface area contributed by atoms with Crippen molar-refractivity contribution in [1.82, 2.24) is 4.98 Å². The van der Waals surface area contributed by atoms with Gasteiger partial charge in [0.15, 0.2) is 0 Å². The minimum absolute atomic E-state index is 0.0228. The third-order valence-corrected chi connectivity index (χ3v) is 3.09. The number of hydrogen-bond donors (Lipinski definition) is 1. The number of H-pyrrole nitrogens is 1. The lowest BCUT2D eigenvalue weighted by atomic mass is 10.1. The van der Waals surface area contributed by atoms with E-state index in [2.05, 4.69) is 9.72 Å². The van der Waals surface area contributed by atoms with Gasteiger partial charge < -0.3 is 19.2 Å². The maximum absolute atomic E-state index is 11.9. The molecule has 2 rings (SSSR count). The molecule has 0 aliphatic heterocycles. The molecule has 0 aliphatic carbocycles. The maximum Gasteiger partial charge on any atom is 0.355 e. The molecule has 0 radical (unpaired) electrons. The Kier molecular flexibility index (Phi) is 4.45. The van der Waals surface area contributed by atoms with Gasteiger partial charge in [-0.1, -0.05) is 6.07 Å². The Morgan fingerprint density at radius 2 is 1.73 bits per heavy atom. The van der Waals surface area contributed by atoms with Gasteiger partial charge in [-0.05, 0) is 19.1 Å². The molecule has 116 valence electrons. The number of rotatable bonds is 4. The SMILES string of the molecule is CCOC(=O)c1ccc2c(C(=O)OC)c(C(=O)OC)[nH]c2c1. The molecule has 0 amide bonds. The van der Waals surface area contributed by atoms with Crippen LogP contribution in [-0.4, -0.2) is 43.7 Å². The zero-order chi connectivity index (χ0) is 16.3. The number of aromatic amines is 1. The summed E-state index contributed by atoms with van der Waals surface area (Å²) in [6.07, 6.45) is 0. The number of ether oxygens (including phenoxy) is 3. The highest BCUT2D eigenvalue weighted by Crippen LogP contribution is 2.25. The number of benzene rings is 1. The lowest BCUT2D eigenvalue weighted by molar-refractivity contribution is 0.0525. The second kappa shape index (κ2) is 6.30. The fourth-order valence-corrected chi connectivity index (χ4v) is 2.11. The molecule has 2 aromatic rings. The number of methoxy groups -OCH3 is 2. The Morgan fingerprint density at radius 1 is 1.05 bits per heavy atom. The van der Waals surface area contributed by atoms with Crippen molar-refractivity contribution in [3.8, 4) is 0 Å². The number of carbonyl (C=O) groups excluding carboxylic acids is 3. The fourth-order valence-electron chi connectivity index (χ4n) is 2.11. The molecule has 7 nitrogen and oxygen atoms in total. The van der Waals surface area contributed by atoms with Crippen LogP contribution in [0.15, 0.2) is 18.2 Å². The monoisotopic (exact) mass is 305 g/mol. The highest BCUT2D eigenvalue weighted by Gasteiger charge is 2.25. The van der Waals surface area contributed by atoms with Crippen molar-refractivity contribution in [2.24, 2.45) is 0 Å². The average molecular weight is 305 g/mol. The predicted molar refractivity (Wildman–Crippen MR) is 76.9 cm³/mol. The minimum Gasteiger partial charge on any atom is -0.465 e. The number of nitrogens with one attached hydrogen (secondary N) is 1. The summed E-state index contributed by atoms with van der Waals surface area (Å²) in [5.74, 6) is -1.86. The molecule has 0 spiro atoms. The van der Waals surface area contributed by atoms with Crippen molar-refractivity contribution < 1.29 is 28.6 Å². The van der Waals surface area contributed by atoms with Gasteiger partial charge in [0, 0.05) is 10.9 Å². The van der Waals surface area contributed by atoms with Crippen LogP contribution in [0, 0.1) is 0 Å². The topological polar surface area (TPSA) is 94.7 Å². The van der Waals surface area contributed by atoms with Crippen molar-refractivity contribution >= 4 is 28.8 Å². The lowest BCUT2D eigenvalue weighted by Gasteiger charge is -2.02. The molecule has 0 unspecified atom stereocenters.